The normalized spacial score (nSPS) is 17.6. The molecule has 0 spiro atoms. The van der Waals surface area contributed by atoms with Crippen LogP contribution in [0.5, 0.6) is 0 Å². The minimum absolute atomic E-state index is 0.0219. The molecule has 0 saturated heterocycles. The number of methoxy groups -OCH3 is 3. The Balaban J connectivity index is 2.58. The summed E-state index contributed by atoms with van der Waals surface area (Å²) in [6.45, 7) is 1.80. The Morgan fingerprint density at radius 1 is 1.04 bits per heavy atom. The largest absolute Gasteiger partial charge is 0.466 e. The molecular weight excluding hydrogens is 354 g/mol. The fourth-order valence-electron chi connectivity index (χ4n) is 2.34. The first-order valence-electron chi connectivity index (χ1n) is 7.85. The van der Waals surface area contributed by atoms with Gasteiger partial charge in [0.15, 0.2) is 0 Å². The molecule has 0 aromatic carbocycles. The number of rotatable bonds is 5. The first-order valence-corrected chi connectivity index (χ1v) is 7.85. The maximum Gasteiger partial charge on any atom is 0.406 e. The molecule has 0 atom stereocenters. The Labute approximate surface area is 156 Å². The molecule has 0 aromatic heterocycles. The molecule has 2 heterocycles. The van der Waals surface area contributed by atoms with Gasteiger partial charge in [-0.15, -0.1) is 0 Å². The zero-order chi connectivity index (χ0) is 20.0. The zero-order valence-electron chi connectivity index (χ0n) is 15.4. The number of esters is 3. The highest BCUT2D eigenvalue weighted by Crippen LogP contribution is 2.21. The van der Waals surface area contributed by atoms with Gasteiger partial charge in [0.25, 0.3) is 0 Å². The van der Waals surface area contributed by atoms with E-state index in [9.17, 15) is 14.4 Å². The van der Waals surface area contributed by atoms with Crippen LogP contribution >= 0.6 is 0 Å². The van der Waals surface area contributed by atoms with Crippen molar-refractivity contribution < 1.29 is 33.3 Å². The Kier molecular flexibility index (Phi) is 6.32. The number of allylic oxidation sites excluding steroid dienone is 4. The third-order valence-corrected chi connectivity index (χ3v) is 3.72. The number of hydrazine groups is 2. The topological polar surface area (TPSA) is 97.2 Å². The molecule has 0 amide bonds. The van der Waals surface area contributed by atoms with E-state index < -0.39 is 17.9 Å². The lowest BCUT2D eigenvalue weighted by Gasteiger charge is -2.12. The van der Waals surface area contributed by atoms with Gasteiger partial charge in [0.05, 0.1) is 26.9 Å². The lowest BCUT2D eigenvalue weighted by atomic mass is 10.1. The molecule has 0 radical (unpaired) electrons. The van der Waals surface area contributed by atoms with Crippen molar-refractivity contribution in [3.05, 3.63) is 59.6 Å². The Morgan fingerprint density at radius 2 is 1.74 bits per heavy atom. The van der Waals surface area contributed by atoms with Crippen molar-refractivity contribution in [1.82, 2.24) is 10.5 Å². The third-order valence-electron chi connectivity index (χ3n) is 3.72. The van der Waals surface area contributed by atoms with E-state index in [1.54, 1.807) is 18.1 Å². The van der Waals surface area contributed by atoms with Crippen molar-refractivity contribution >= 4 is 23.6 Å². The van der Waals surface area contributed by atoms with Gasteiger partial charge >= 0.3 is 23.6 Å². The second kappa shape index (κ2) is 8.65. The van der Waals surface area contributed by atoms with Gasteiger partial charge in [0.2, 0.25) is 5.70 Å². The van der Waals surface area contributed by atoms with Crippen LogP contribution in [0.25, 0.3) is 0 Å². The van der Waals surface area contributed by atoms with E-state index in [4.69, 9.17) is 9.47 Å². The minimum atomic E-state index is -0.737. The van der Waals surface area contributed by atoms with Gasteiger partial charge in [-0.25, -0.2) is 19.4 Å². The predicted octanol–water partition coefficient (Wildman–Crippen LogP) is 0.492. The van der Waals surface area contributed by atoms with Crippen molar-refractivity contribution in [2.45, 2.75) is 6.92 Å². The molecule has 142 valence electrons. The molecule has 0 fully saturated rings. The van der Waals surface area contributed by atoms with Gasteiger partial charge in [-0.05, 0) is 18.2 Å². The van der Waals surface area contributed by atoms with E-state index in [1.807, 2.05) is 18.2 Å². The molecule has 0 aliphatic carbocycles. The molecule has 2 aliphatic rings. The number of hydrogen-bond acceptors (Lipinski definition) is 8. The fourth-order valence-corrected chi connectivity index (χ4v) is 2.34. The first kappa shape index (κ1) is 19.7. The lowest BCUT2D eigenvalue weighted by molar-refractivity contribution is -0.549. The molecule has 27 heavy (non-hydrogen) atoms. The van der Waals surface area contributed by atoms with Gasteiger partial charge in [0, 0.05) is 25.3 Å². The van der Waals surface area contributed by atoms with Crippen LogP contribution in [-0.4, -0.2) is 54.6 Å². The molecule has 0 unspecified atom stereocenters. The van der Waals surface area contributed by atoms with Crippen LogP contribution in [0.3, 0.4) is 0 Å². The molecular formula is C18H20N3O6+. The van der Waals surface area contributed by atoms with Crippen molar-refractivity contribution in [2.75, 3.05) is 21.3 Å². The number of nitrogens with zero attached hydrogens (tertiary/aromatic N) is 2. The second-order valence-electron chi connectivity index (χ2n) is 5.30. The van der Waals surface area contributed by atoms with Crippen LogP contribution in [0.15, 0.2) is 59.6 Å². The van der Waals surface area contributed by atoms with Gasteiger partial charge < -0.3 is 14.2 Å². The monoisotopic (exact) mass is 374 g/mol. The smallest absolute Gasteiger partial charge is 0.406 e. The summed E-state index contributed by atoms with van der Waals surface area (Å²) in [5.74, 6) is -2.09. The summed E-state index contributed by atoms with van der Waals surface area (Å²) in [7, 11) is 3.63. The standard InChI is InChI=1S/C18H19N3O6/c1-12-14-7-5-6-10-20(14)19-21(12)15(18(24)27-4)11-13(17(23)26-3)8-9-16(22)25-2/h5-11H,1-4H3/p+1. The van der Waals surface area contributed by atoms with Crippen LogP contribution in [0.2, 0.25) is 0 Å². The van der Waals surface area contributed by atoms with Gasteiger partial charge in [-0.3, -0.25) is 0 Å². The Morgan fingerprint density at radius 3 is 2.33 bits per heavy atom. The average molecular weight is 374 g/mol. The third kappa shape index (κ3) is 4.32. The van der Waals surface area contributed by atoms with Crippen LogP contribution in [0.4, 0.5) is 0 Å². The quantitative estimate of drug-likeness (QED) is 0.244. The molecule has 9 heteroatoms. The number of nitrogens with one attached hydrogen (secondary N) is 1. The predicted molar refractivity (Wildman–Crippen MR) is 94.5 cm³/mol. The molecule has 0 aromatic rings. The first-order chi connectivity index (χ1) is 12.9. The summed E-state index contributed by atoms with van der Waals surface area (Å²) in [5.41, 5.74) is 4.50. The summed E-state index contributed by atoms with van der Waals surface area (Å²) < 4.78 is 15.5. The maximum atomic E-state index is 12.4. The highest BCUT2D eigenvalue weighted by atomic mass is 16.5. The Hall–Kier alpha value is -3.62. The number of carbonyl (C=O) groups is 3. The maximum absolute atomic E-state index is 12.4. The van der Waals surface area contributed by atoms with E-state index in [0.717, 1.165) is 11.8 Å². The van der Waals surface area contributed by atoms with E-state index in [0.29, 0.717) is 5.70 Å². The number of hydrogen-bond donors (Lipinski definition) is 1. The Bertz CT molecular complexity index is 845. The summed E-state index contributed by atoms with van der Waals surface area (Å²) in [6.07, 6.45) is 10.8. The SMILES string of the molecule is COC(=O)/C=C/C(=CC(C(=O)OC)=[N+]1NN2C=CC=CC2=C1C)C(=O)OC. The van der Waals surface area contributed by atoms with E-state index in [-0.39, 0.29) is 11.3 Å². The van der Waals surface area contributed by atoms with Gasteiger partial charge in [0.1, 0.15) is 5.70 Å². The van der Waals surface area contributed by atoms with Crippen LogP contribution in [0, 0.1) is 0 Å². The van der Waals surface area contributed by atoms with Gasteiger partial charge in [-0.2, -0.15) is 0 Å². The van der Waals surface area contributed by atoms with Crippen LogP contribution < -0.4 is 5.53 Å². The molecule has 0 bridgehead atoms. The van der Waals surface area contributed by atoms with Crippen molar-refractivity contribution in [3.8, 4) is 0 Å². The lowest BCUT2D eigenvalue weighted by Crippen LogP contribution is -2.38. The second-order valence-corrected chi connectivity index (χ2v) is 5.30. The number of carbonyl (C=O) groups excluding carboxylic acids is 3. The highest BCUT2D eigenvalue weighted by molar-refractivity contribution is 6.39. The molecule has 9 nitrogen and oxygen atoms in total. The van der Waals surface area contributed by atoms with E-state index >= 15 is 0 Å². The number of ether oxygens (including phenoxy) is 3. The summed E-state index contributed by atoms with van der Waals surface area (Å²) in [5, 5.41) is 1.70. The summed E-state index contributed by atoms with van der Waals surface area (Å²) in [4.78, 5) is 35.8. The molecule has 0 saturated carbocycles. The van der Waals surface area contributed by atoms with Crippen molar-refractivity contribution in [1.29, 1.82) is 0 Å². The van der Waals surface area contributed by atoms with Crippen molar-refractivity contribution in [2.24, 2.45) is 0 Å². The summed E-state index contributed by atoms with van der Waals surface area (Å²) in [6, 6.07) is 0. The molecule has 2 aliphatic heterocycles. The number of fused-ring (bicyclic) bond motifs is 1. The summed E-state index contributed by atoms with van der Waals surface area (Å²) >= 11 is 0. The zero-order valence-corrected chi connectivity index (χ0v) is 15.4. The average Bonchev–Trinajstić information content (AvgIpc) is 3.03. The van der Waals surface area contributed by atoms with E-state index in [2.05, 4.69) is 10.3 Å². The van der Waals surface area contributed by atoms with Gasteiger partial charge in [-0.1, -0.05) is 16.3 Å². The van der Waals surface area contributed by atoms with Crippen molar-refractivity contribution in [3.63, 3.8) is 0 Å². The molecule has 1 N–H and O–H groups in total. The molecule has 2 rings (SSSR count). The number of hydrazone groups is 1. The minimum Gasteiger partial charge on any atom is -0.466 e. The highest BCUT2D eigenvalue weighted by Gasteiger charge is 2.35. The fraction of sp³-hybridized carbons (Fsp3) is 0.222. The van der Waals surface area contributed by atoms with E-state index in [1.165, 1.54) is 38.2 Å². The van der Waals surface area contributed by atoms with Crippen LogP contribution in [0.1, 0.15) is 6.92 Å². The van der Waals surface area contributed by atoms with Crippen LogP contribution in [-0.2, 0) is 28.6 Å².